The number of hydrogen-bond acceptors (Lipinski definition) is 12. The maximum absolute atomic E-state index is 13.5. The molecule has 0 saturated heterocycles. The van der Waals surface area contributed by atoms with Gasteiger partial charge in [0, 0.05) is 85.3 Å². The topological polar surface area (TPSA) is 232 Å². The minimum atomic E-state index is -4.63. The summed E-state index contributed by atoms with van der Waals surface area (Å²) >= 11 is 0. The Kier molecular flexibility index (Phi) is 15.5. The van der Waals surface area contributed by atoms with E-state index in [9.17, 15) is 62.4 Å². The smallest absolute Gasteiger partial charge is 0.346 e. The summed E-state index contributed by atoms with van der Waals surface area (Å²) in [4.78, 5) is 61.3. The first kappa shape index (κ1) is 55.2. The van der Waals surface area contributed by atoms with Gasteiger partial charge in [-0.05, 0) is 98.8 Å². The third-order valence-electron chi connectivity index (χ3n) is 11.8. The Morgan fingerprint density at radius 3 is 1.21 bits per heavy atom. The first-order chi connectivity index (χ1) is 35.5. The number of nitrogens with zero attached hydrogens (tertiary/aromatic N) is 8. The van der Waals surface area contributed by atoms with Crippen molar-refractivity contribution < 1.29 is 52.8 Å². The summed E-state index contributed by atoms with van der Waals surface area (Å²) in [6.45, 7) is 2.89. The minimum Gasteiger partial charge on any atom is -0.346 e. The fraction of sp³-hybridized carbons (Fsp3) is 0.200. The van der Waals surface area contributed by atoms with Gasteiger partial charge in [-0.2, -0.15) is 36.5 Å². The maximum Gasteiger partial charge on any atom is 0.416 e. The van der Waals surface area contributed by atoms with E-state index in [0.717, 1.165) is 58.3 Å². The number of amides is 2. The summed E-state index contributed by atoms with van der Waals surface area (Å²) < 4.78 is 132. The number of pyridine rings is 4. The Labute approximate surface area is 429 Å². The average Bonchev–Trinajstić information content (AvgIpc) is 3.99. The largest absolute Gasteiger partial charge is 0.416 e. The molecule has 2 aromatic carbocycles. The zero-order valence-corrected chi connectivity index (χ0v) is 42.5. The lowest BCUT2D eigenvalue weighted by atomic mass is 10.1. The summed E-state index contributed by atoms with van der Waals surface area (Å²) in [5.41, 5.74) is -1.03. The number of carbonyl (C=O) groups is 2. The normalized spacial score (nSPS) is 11.9. The number of aromatic nitrogens is 8. The zero-order valence-electron chi connectivity index (χ0n) is 40.9. The Bertz CT molecular complexity index is 3640. The molecular formula is C50H44F6N10O8S2. The summed E-state index contributed by atoms with van der Waals surface area (Å²) in [6, 6.07) is 20.1. The van der Waals surface area contributed by atoms with Crippen molar-refractivity contribution in [2.24, 2.45) is 14.1 Å². The molecule has 2 N–H and O–H groups in total. The number of alkyl halides is 6. The van der Waals surface area contributed by atoms with Gasteiger partial charge in [0.15, 0.2) is 19.7 Å². The van der Waals surface area contributed by atoms with Crippen LogP contribution in [0.5, 0.6) is 0 Å². The maximum atomic E-state index is 13.5. The number of aryl methyl sites for hydroxylation is 2. The Balaban J connectivity index is 0.000000221. The van der Waals surface area contributed by atoms with Crippen LogP contribution >= 0.6 is 0 Å². The molecule has 26 heteroatoms. The number of carbonyl (C=O) groups excluding carboxylic acids is 2. The molecule has 8 aromatic rings. The lowest BCUT2D eigenvalue weighted by molar-refractivity contribution is -0.138. The standard InChI is InChI=1S/2C25H22F3N5O4S/c2*1-15-20(22-9-10-31-32(22)2)12-21(23(34)30-13-17-7-8-19(14-29-17)38(3,36)37)24(35)33(15)18-6-4-5-16(11-18)25(26,27)28/h2*4-12,14H,13H2,1-3H3,(H,30,34). The average molecular weight is 1090 g/mol. The number of nitrogens with one attached hydrogen (secondary N) is 2. The fourth-order valence-electron chi connectivity index (χ4n) is 7.79. The second-order valence-corrected chi connectivity index (χ2v) is 21.1. The highest BCUT2D eigenvalue weighted by Gasteiger charge is 2.32. The first-order valence-electron chi connectivity index (χ1n) is 22.3. The van der Waals surface area contributed by atoms with E-state index in [1.54, 1.807) is 40.1 Å². The van der Waals surface area contributed by atoms with E-state index >= 15 is 0 Å². The lowest BCUT2D eigenvalue weighted by Gasteiger charge is -2.18. The zero-order chi connectivity index (χ0) is 55.7. The third-order valence-corrected chi connectivity index (χ3v) is 13.9. The molecule has 0 unspecified atom stereocenters. The predicted molar refractivity (Wildman–Crippen MR) is 265 cm³/mol. The van der Waals surface area contributed by atoms with Crippen molar-refractivity contribution in [3.63, 3.8) is 0 Å². The number of halogens is 6. The Morgan fingerprint density at radius 1 is 0.553 bits per heavy atom. The molecule has 76 heavy (non-hydrogen) atoms. The van der Waals surface area contributed by atoms with Crippen molar-refractivity contribution in [1.29, 1.82) is 0 Å². The monoisotopic (exact) mass is 1090 g/mol. The molecule has 0 radical (unpaired) electrons. The van der Waals surface area contributed by atoms with Crippen LogP contribution in [0.3, 0.4) is 0 Å². The van der Waals surface area contributed by atoms with E-state index in [-0.39, 0.29) is 45.4 Å². The second kappa shape index (κ2) is 21.4. The summed E-state index contributed by atoms with van der Waals surface area (Å²) in [6.07, 6.45) is -1.84. The molecule has 0 aliphatic heterocycles. The van der Waals surface area contributed by atoms with Crippen LogP contribution in [0.25, 0.3) is 33.9 Å². The highest BCUT2D eigenvalue weighted by Crippen LogP contribution is 2.33. The van der Waals surface area contributed by atoms with Gasteiger partial charge in [0.25, 0.3) is 22.9 Å². The number of rotatable bonds is 12. The van der Waals surface area contributed by atoms with Gasteiger partial charge in [-0.3, -0.25) is 47.6 Å². The van der Waals surface area contributed by atoms with Crippen molar-refractivity contribution in [3.05, 3.63) is 188 Å². The predicted octanol–water partition coefficient (Wildman–Crippen LogP) is 6.59. The van der Waals surface area contributed by atoms with E-state index in [4.69, 9.17) is 0 Å². The molecule has 2 amide bonds. The van der Waals surface area contributed by atoms with E-state index in [2.05, 4.69) is 30.8 Å². The van der Waals surface area contributed by atoms with Crippen LogP contribution in [0.1, 0.15) is 54.6 Å². The summed E-state index contributed by atoms with van der Waals surface area (Å²) in [5.74, 6) is -1.57. The molecule has 0 aliphatic rings. The highest BCUT2D eigenvalue weighted by molar-refractivity contribution is 7.91. The molecule has 0 fully saturated rings. The first-order valence-corrected chi connectivity index (χ1v) is 26.0. The van der Waals surface area contributed by atoms with Crippen LogP contribution in [-0.2, 0) is 59.2 Å². The summed E-state index contributed by atoms with van der Waals surface area (Å²) in [5, 5.41) is 13.4. The van der Waals surface area contributed by atoms with Crippen molar-refractivity contribution in [3.8, 4) is 33.9 Å². The Morgan fingerprint density at radius 2 is 0.921 bits per heavy atom. The molecular weight excluding hydrogens is 1050 g/mol. The van der Waals surface area contributed by atoms with Gasteiger partial charge >= 0.3 is 12.4 Å². The molecule has 6 aromatic heterocycles. The molecule has 8 rings (SSSR count). The van der Waals surface area contributed by atoms with Crippen LogP contribution in [-0.4, -0.2) is 79.8 Å². The van der Waals surface area contributed by atoms with Crippen molar-refractivity contribution >= 4 is 31.5 Å². The van der Waals surface area contributed by atoms with Crippen LogP contribution < -0.4 is 21.8 Å². The molecule has 6 heterocycles. The molecule has 18 nitrogen and oxygen atoms in total. The molecule has 0 aliphatic carbocycles. The van der Waals surface area contributed by atoms with Crippen LogP contribution in [0.2, 0.25) is 0 Å². The Hall–Kier alpha value is -8.52. The van der Waals surface area contributed by atoms with Gasteiger partial charge in [0.1, 0.15) is 11.1 Å². The van der Waals surface area contributed by atoms with Gasteiger partial charge in [-0.1, -0.05) is 12.1 Å². The van der Waals surface area contributed by atoms with Gasteiger partial charge < -0.3 is 10.6 Å². The molecule has 0 bridgehead atoms. The van der Waals surface area contributed by atoms with Crippen LogP contribution in [0.15, 0.2) is 141 Å². The molecule has 396 valence electrons. The van der Waals surface area contributed by atoms with Gasteiger partial charge in [-0.25, -0.2) is 16.8 Å². The second-order valence-electron chi connectivity index (χ2n) is 17.1. The van der Waals surface area contributed by atoms with Crippen molar-refractivity contribution in [1.82, 2.24) is 49.3 Å². The van der Waals surface area contributed by atoms with E-state index in [1.807, 2.05) is 0 Å². The SMILES string of the molecule is Cc1c(-c2ccnn2C)cc(C(=O)NCc2ccc(S(C)(=O)=O)cn2)c(=O)n1-c1cccc(C(F)(F)F)c1.Cc1c(-c2ccnn2C)cc(C(=O)NCc2ccc(S(C)(=O)=O)cn2)c(=O)n1-c1cccc(C(F)(F)F)c1. The quantitative estimate of drug-likeness (QED) is 0.124. The minimum absolute atomic E-state index is 0.0101. The van der Waals surface area contributed by atoms with Gasteiger partial charge in [0.2, 0.25) is 0 Å². The van der Waals surface area contributed by atoms with E-state index in [1.165, 1.54) is 82.4 Å². The van der Waals surface area contributed by atoms with Crippen LogP contribution in [0.4, 0.5) is 26.3 Å². The molecule has 0 saturated carbocycles. The number of hydrogen-bond donors (Lipinski definition) is 2. The fourth-order valence-corrected chi connectivity index (χ4v) is 8.91. The lowest BCUT2D eigenvalue weighted by Crippen LogP contribution is -2.34. The van der Waals surface area contributed by atoms with Gasteiger partial charge in [0.05, 0.1) is 56.8 Å². The third kappa shape index (κ3) is 12.2. The summed E-state index contributed by atoms with van der Waals surface area (Å²) in [7, 11) is -3.59. The van der Waals surface area contributed by atoms with Crippen molar-refractivity contribution in [2.45, 2.75) is 49.1 Å². The number of sulfone groups is 2. The number of benzene rings is 2. The van der Waals surface area contributed by atoms with Crippen LogP contribution in [0, 0.1) is 13.8 Å². The highest BCUT2D eigenvalue weighted by atomic mass is 32.2. The van der Waals surface area contributed by atoms with E-state index < -0.39 is 66.1 Å². The van der Waals surface area contributed by atoms with E-state index in [0.29, 0.717) is 45.3 Å². The molecule has 0 atom stereocenters. The van der Waals surface area contributed by atoms with Gasteiger partial charge in [-0.15, -0.1) is 0 Å². The van der Waals surface area contributed by atoms with Crippen molar-refractivity contribution in [2.75, 3.05) is 12.5 Å². The molecule has 0 spiro atoms.